The highest BCUT2D eigenvalue weighted by molar-refractivity contribution is 5.43. The van der Waals surface area contributed by atoms with Gasteiger partial charge in [0.1, 0.15) is 23.6 Å². The minimum Gasteiger partial charge on any atom is -0.385 e. The number of aromatic nitrogens is 1. The Hall–Kier alpha value is -3.95. The normalized spacial score (nSPS) is 13.4. The van der Waals surface area contributed by atoms with Gasteiger partial charge in [0.2, 0.25) is 0 Å². The number of nitrogens with zero attached hydrogens (tertiary/aromatic N) is 1. The summed E-state index contributed by atoms with van der Waals surface area (Å²) in [7, 11) is 0. The van der Waals surface area contributed by atoms with E-state index in [-0.39, 0.29) is 17.1 Å². The van der Waals surface area contributed by atoms with Crippen molar-refractivity contribution in [3.05, 3.63) is 136 Å². The molecule has 1 aromatic heterocycles. The third kappa shape index (κ3) is 6.07. The van der Waals surface area contributed by atoms with Crippen LogP contribution in [0.3, 0.4) is 0 Å². The molecular weight excluding hydrogens is 478 g/mol. The van der Waals surface area contributed by atoms with Gasteiger partial charge in [0.15, 0.2) is 5.67 Å². The molecule has 0 aliphatic rings. The fourth-order valence-corrected chi connectivity index (χ4v) is 3.99. The standard InChI is InChI=1S/C31H25F4NO/c1-20-4-3-5-24(29(20)34)14-12-22-8-6-21(7-9-22)10-11-23-13-17-28(36-19-23)31(2,35)30(37)26-16-15-25(32)18-27(26)33/h3-9,13,15-19,30,37H,12,14H2,1-2H3. The molecule has 6 heteroatoms. The molecule has 0 radical (unpaired) electrons. The second kappa shape index (κ2) is 11.0. The maximum Gasteiger partial charge on any atom is 0.179 e. The van der Waals surface area contributed by atoms with E-state index in [1.165, 1.54) is 12.3 Å². The van der Waals surface area contributed by atoms with E-state index in [2.05, 4.69) is 16.8 Å². The molecule has 0 spiro atoms. The van der Waals surface area contributed by atoms with Gasteiger partial charge in [-0.1, -0.05) is 48.2 Å². The SMILES string of the molecule is Cc1cccc(CCc2ccc(C#Cc3ccc(C(C)(F)C(O)c4ccc(F)cc4F)nc3)cc2)c1F. The van der Waals surface area contributed by atoms with Crippen LogP contribution >= 0.6 is 0 Å². The van der Waals surface area contributed by atoms with Gasteiger partial charge in [-0.2, -0.15) is 0 Å². The van der Waals surface area contributed by atoms with Crippen molar-refractivity contribution >= 4 is 0 Å². The van der Waals surface area contributed by atoms with Crippen molar-refractivity contribution in [3.8, 4) is 11.8 Å². The van der Waals surface area contributed by atoms with Crippen molar-refractivity contribution in [2.75, 3.05) is 0 Å². The summed E-state index contributed by atoms with van der Waals surface area (Å²) in [5.74, 6) is 3.97. The first kappa shape index (κ1) is 26.1. The number of aryl methyl sites for hydroxylation is 3. The third-order valence-corrected chi connectivity index (χ3v) is 6.29. The van der Waals surface area contributed by atoms with Crippen LogP contribution < -0.4 is 0 Å². The van der Waals surface area contributed by atoms with Gasteiger partial charge in [0.25, 0.3) is 0 Å². The fourth-order valence-electron chi connectivity index (χ4n) is 3.99. The van der Waals surface area contributed by atoms with Gasteiger partial charge in [-0.05, 0) is 73.7 Å². The predicted molar refractivity (Wildman–Crippen MR) is 135 cm³/mol. The zero-order valence-corrected chi connectivity index (χ0v) is 20.4. The maximum atomic E-state index is 15.4. The van der Waals surface area contributed by atoms with Crippen LogP contribution in [-0.2, 0) is 18.5 Å². The van der Waals surface area contributed by atoms with E-state index in [9.17, 15) is 18.3 Å². The predicted octanol–water partition coefficient (Wildman–Crippen LogP) is 6.91. The number of benzene rings is 3. The van der Waals surface area contributed by atoms with Crippen molar-refractivity contribution in [1.29, 1.82) is 0 Å². The van der Waals surface area contributed by atoms with E-state index in [0.29, 0.717) is 35.6 Å². The van der Waals surface area contributed by atoms with Gasteiger partial charge < -0.3 is 5.11 Å². The van der Waals surface area contributed by atoms with Gasteiger partial charge in [-0.25, -0.2) is 17.6 Å². The first-order chi connectivity index (χ1) is 17.6. The molecule has 2 nitrogen and oxygen atoms in total. The summed E-state index contributed by atoms with van der Waals surface area (Å²) < 4.78 is 56.8. The summed E-state index contributed by atoms with van der Waals surface area (Å²) in [4.78, 5) is 4.07. The average Bonchev–Trinajstić information content (AvgIpc) is 2.89. The Kier molecular flexibility index (Phi) is 7.75. The summed E-state index contributed by atoms with van der Waals surface area (Å²) in [5, 5.41) is 10.4. The molecule has 1 N–H and O–H groups in total. The first-order valence-electron chi connectivity index (χ1n) is 11.8. The van der Waals surface area contributed by atoms with Crippen LogP contribution in [0.25, 0.3) is 0 Å². The highest BCUT2D eigenvalue weighted by atomic mass is 19.1. The maximum absolute atomic E-state index is 15.4. The molecule has 0 aliphatic heterocycles. The second-order valence-electron chi connectivity index (χ2n) is 9.07. The van der Waals surface area contributed by atoms with E-state index in [1.54, 1.807) is 25.1 Å². The van der Waals surface area contributed by atoms with Crippen LogP contribution in [0.1, 0.15) is 52.1 Å². The summed E-state index contributed by atoms with van der Waals surface area (Å²) in [6.07, 6.45) is 0.804. The summed E-state index contributed by atoms with van der Waals surface area (Å²) >= 11 is 0. The molecule has 188 valence electrons. The molecule has 0 fully saturated rings. The number of rotatable bonds is 6. The molecular formula is C31H25F4NO. The van der Waals surface area contributed by atoms with Crippen molar-refractivity contribution in [2.24, 2.45) is 0 Å². The lowest BCUT2D eigenvalue weighted by Gasteiger charge is -2.26. The van der Waals surface area contributed by atoms with Crippen molar-refractivity contribution in [3.63, 3.8) is 0 Å². The van der Waals surface area contributed by atoms with Crippen molar-refractivity contribution in [2.45, 2.75) is 38.5 Å². The van der Waals surface area contributed by atoms with E-state index >= 15 is 4.39 Å². The van der Waals surface area contributed by atoms with E-state index < -0.39 is 23.4 Å². The number of halogens is 4. The summed E-state index contributed by atoms with van der Waals surface area (Å²) in [6, 6.07) is 18.6. The number of pyridine rings is 1. The van der Waals surface area contributed by atoms with Crippen molar-refractivity contribution < 1.29 is 22.7 Å². The van der Waals surface area contributed by atoms with E-state index in [1.807, 2.05) is 30.3 Å². The highest BCUT2D eigenvalue weighted by Gasteiger charge is 2.38. The Morgan fingerprint density at radius 1 is 0.892 bits per heavy atom. The van der Waals surface area contributed by atoms with Gasteiger partial charge in [-0.3, -0.25) is 4.98 Å². The Morgan fingerprint density at radius 3 is 2.27 bits per heavy atom. The summed E-state index contributed by atoms with van der Waals surface area (Å²) in [6.45, 7) is 2.84. The number of hydrogen-bond acceptors (Lipinski definition) is 2. The molecule has 4 aromatic rings. The Bertz CT molecular complexity index is 1450. The third-order valence-electron chi connectivity index (χ3n) is 6.29. The molecule has 0 aliphatic carbocycles. The van der Waals surface area contributed by atoms with Gasteiger partial charge in [-0.15, -0.1) is 0 Å². The number of alkyl halides is 1. The molecule has 4 rings (SSSR count). The zero-order chi connectivity index (χ0) is 26.6. The van der Waals surface area contributed by atoms with E-state index in [0.717, 1.165) is 30.2 Å². The van der Waals surface area contributed by atoms with Crippen LogP contribution in [-0.4, -0.2) is 10.1 Å². The molecule has 37 heavy (non-hydrogen) atoms. The number of hydrogen-bond donors (Lipinski definition) is 1. The monoisotopic (exact) mass is 503 g/mol. The van der Waals surface area contributed by atoms with Crippen LogP contribution in [0, 0.1) is 36.2 Å². The van der Waals surface area contributed by atoms with E-state index in [4.69, 9.17) is 0 Å². The van der Waals surface area contributed by atoms with Gasteiger partial charge in [0.05, 0.1) is 5.69 Å². The quantitative estimate of drug-likeness (QED) is 0.229. The lowest BCUT2D eigenvalue weighted by molar-refractivity contribution is -0.00635. The highest BCUT2D eigenvalue weighted by Crippen LogP contribution is 2.38. The molecule has 1 heterocycles. The minimum atomic E-state index is -2.41. The Morgan fingerprint density at radius 2 is 1.59 bits per heavy atom. The van der Waals surface area contributed by atoms with Crippen LogP contribution in [0.15, 0.2) is 79.0 Å². The Balaban J connectivity index is 1.41. The largest absolute Gasteiger partial charge is 0.385 e. The van der Waals surface area contributed by atoms with Crippen LogP contribution in [0.5, 0.6) is 0 Å². The van der Waals surface area contributed by atoms with Gasteiger partial charge >= 0.3 is 0 Å². The molecule has 2 atom stereocenters. The zero-order valence-electron chi connectivity index (χ0n) is 20.4. The lowest BCUT2D eigenvalue weighted by Crippen LogP contribution is -2.27. The Labute approximate surface area is 213 Å². The number of aliphatic hydroxyl groups excluding tert-OH is 1. The van der Waals surface area contributed by atoms with Crippen LogP contribution in [0.4, 0.5) is 17.6 Å². The smallest absolute Gasteiger partial charge is 0.179 e. The minimum absolute atomic E-state index is 0.108. The summed E-state index contributed by atoms with van der Waals surface area (Å²) in [5.41, 5.74) is 0.818. The average molecular weight is 504 g/mol. The lowest BCUT2D eigenvalue weighted by atomic mass is 9.90. The van der Waals surface area contributed by atoms with Crippen LogP contribution in [0.2, 0.25) is 0 Å². The molecule has 3 aromatic carbocycles. The molecule has 2 unspecified atom stereocenters. The fraction of sp³-hybridized carbons (Fsp3) is 0.194. The van der Waals surface area contributed by atoms with Gasteiger partial charge in [0, 0.05) is 29.0 Å². The molecule has 0 amide bonds. The first-order valence-corrected chi connectivity index (χ1v) is 11.8. The van der Waals surface area contributed by atoms with Crippen molar-refractivity contribution in [1.82, 2.24) is 4.98 Å². The molecule has 0 bridgehead atoms. The molecule has 0 saturated carbocycles. The topological polar surface area (TPSA) is 33.1 Å². The number of aliphatic hydroxyl groups is 1. The molecule has 0 saturated heterocycles. The second-order valence-corrected chi connectivity index (χ2v) is 9.07.